The van der Waals surface area contributed by atoms with Crippen LogP contribution < -0.4 is 15.4 Å². The number of nitrogens with one attached hydrogen (secondary N) is 2. The minimum absolute atomic E-state index is 0.121. The first-order chi connectivity index (χ1) is 24.4. The lowest BCUT2D eigenvalue weighted by Gasteiger charge is -2.40. The monoisotopic (exact) mass is 739 g/mol. The Morgan fingerprint density at radius 2 is 1.65 bits per heavy atom. The van der Waals surface area contributed by atoms with Gasteiger partial charge >= 0.3 is 6.09 Å². The lowest BCUT2D eigenvalue weighted by Crippen LogP contribution is -2.58. The summed E-state index contributed by atoms with van der Waals surface area (Å²) >= 11 is 6.32. The van der Waals surface area contributed by atoms with Crippen LogP contribution >= 0.6 is 11.6 Å². The molecule has 1 fully saturated rings. The van der Waals surface area contributed by atoms with Crippen LogP contribution in [0.1, 0.15) is 41.5 Å². The van der Waals surface area contributed by atoms with Gasteiger partial charge in [0.15, 0.2) is 5.78 Å². The summed E-state index contributed by atoms with van der Waals surface area (Å²) < 4.78 is 69.5. The van der Waals surface area contributed by atoms with Gasteiger partial charge in [-0.3, -0.25) is 4.79 Å². The van der Waals surface area contributed by atoms with Gasteiger partial charge in [0.1, 0.15) is 23.4 Å². The molecule has 1 aliphatic rings. The fourth-order valence-corrected chi connectivity index (χ4v) is 8.74. The number of carbonyl (C=O) groups is 2. The number of sulfonamides is 1. The van der Waals surface area contributed by atoms with Gasteiger partial charge in [-0.15, -0.1) is 0 Å². The van der Waals surface area contributed by atoms with Gasteiger partial charge in [-0.05, 0) is 96.6 Å². The summed E-state index contributed by atoms with van der Waals surface area (Å²) in [5.41, 5.74) is 1.58. The lowest BCUT2D eigenvalue weighted by atomic mass is 9.81. The fourth-order valence-electron chi connectivity index (χ4n) is 6.70. The van der Waals surface area contributed by atoms with Crippen molar-refractivity contribution in [2.24, 2.45) is 0 Å². The number of hydrogen-bond acceptors (Lipinski definition) is 7. The zero-order valence-corrected chi connectivity index (χ0v) is 30.0. The van der Waals surface area contributed by atoms with Gasteiger partial charge in [0.25, 0.3) is 0 Å². The Morgan fingerprint density at radius 1 is 0.961 bits per heavy atom. The average Bonchev–Trinajstić information content (AvgIpc) is 3.11. The van der Waals surface area contributed by atoms with Crippen LogP contribution in [0.25, 0.3) is 0 Å². The van der Waals surface area contributed by atoms with Crippen LogP contribution in [0.2, 0.25) is 5.02 Å². The number of halogens is 3. The summed E-state index contributed by atoms with van der Waals surface area (Å²) in [5, 5.41) is 6.29. The van der Waals surface area contributed by atoms with Gasteiger partial charge in [0.05, 0.1) is 19.1 Å². The zero-order chi connectivity index (χ0) is 36.7. The number of alkyl carbamates (subject to hydrolysis) is 1. The predicted molar refractivity (Wildman–Crippen MR) is 191 cm³/mol. The standard InChI is InChI=1S/C38H40ClF2N3O6S/c1-24-22-42-23-30(44(24)51(47,48)32-16-14-31(49-2)15-17-32)13-18-33-25(7-6-12-34(33)41)21-35(45)37(43-38(46)50-3)36(26-8-4-10-28(39)19-26)27-9-5-11-29(40)20-27/h4-12,14-17,19-20,24,30,36-37,42H,13,18,21-23H2,1-3H3,(H,43,46)/t24-,30-,36-,37+/m0/s1. The summed E-state index contributed by atoms with van der Waals surface area (Å²) in [4.78, 5) is 27.1. The maximum Gasteiger partial charge on any atom is 0.407 e. The molecule has 4 atom stereocenters. The molecule has 0 spiro atoms. The second-order valence-corrected chi connectivity index (χ2v) is 14.7. The number of ketones is 1. The van der Waals surface area contributed by atoms with Gasteiger partial charge in [0.2, 0.25) is 10.0 Å². The third-order valence-electron chi connectivity index (χ3n) is 9.11. The molecule has 5 rings (SSSR count). The Morgan fingerprint density at radius 3 is 2.31 bits per heavy atom. The number of piperazine rings is 1. The number of benzene rings is 4. The highest BCUT2D eigenvalue weighted by Gasteiger charge is 2.38. The van der Waals surface area contributed by atoms with E-state index in [9.17, 15) is 22.4 Å². The maximum atomic E-state index is 15.6. The number of carbonyl (C=O) groups excluding carboxylic acids is 2. The molecule has 0 radical (unpaired) electrons. The molecule has 0 saturated carbocycles. The third kappa shape index (κ3) is 8.93. The molecule has 9 nitrogen and oxygen atoms in total. The summed E-state index contributed by atoms with van der Waals surface area (Å²) in [6.45, 7) is 2.61. The molecular weight excluding hydrogens is 700 g/mol. The third-order valence-corrected chi connectivity index (χ3v) is 11.4. The van der Waals surface area contributed by atoms with Gasteiger partial charge in [-0.25, -0.2) is 22.0 Å². The highest BCUT2D eigenvalue weighted by molar-refractivity contribution is 7.89. The number of amides is 1. The van der Waals surface area contributed by atoms with Crippen LogP contribution in [0.15, 0.2) is 95.9 Å². The Bertz CT molecular complexity index is 1920. The highest BCUT2D eigenvalue weighted by atomic mass is 35.5. The van der Waals surface area contributed by atoms with Crippen molar-refractivity contribution >= 4 is 33.5 Å². The Hall–Kier alpha value is -4.36. The molecule has 1 aliphatic heterocycles. The molecule has 2 N–H and O–H groups in total. The van der Waals surface area contributed by atoms with Gasteiger partial charge in [-0.2, -0.15) is 4.31 Å². The topological polar surface area (TPSA) is 114 Å². The largest absolute Gasteiger partial charge is 0.497 e. The summed E-state index contributed by atoms with van der Waals surface area (Å²) in [7, 11) is -1.26. The normalized spacial score (nSPS) is 17.7. The van der Waals surface area contributed by atoms with Crippen molar-refractivity contribution in [1.29, 1.82) is 0 Å². The number of nitrogens with zero attached hydrogens (tertiary/aromatic N) is 1. The van der Waals surface area contributed by atoms with E-state index in [4.69, 9.17) is 21.1 Å². The van der Waals surface area contributed by atoms with E-state index < -0.39 is 51.5 Å². The summed E-state index contributed by atoms with van der Waals surface area (Å²) in [5.74, 6) is -1.92. The minimum Gasteiger partial charge on any atom is -0.497 e. The van der Waals surface area contributed by atoms with E-state index in [1.54, 1.807) is 48.5 Å². The molecule has 0 aromatic heterocycles. The quantitative estimate of drug-likeness (QED) is 0.166. The maximum absolute atomic E-state index is 15.6. The van der Waals surface area contributed by atoms with Crippen molar-refractivity contribution < 1.29 is 36.3 Å². The molecule has 1 saturated heterocycles. The molecule has 13 heteroatoms. The van der Waals surface area contributed by atoms with Crippen molar-refractivity contribution in [3.8, 4) is 5.75 Å². The molecule has 4 aromatic rings. The van der Waals surface area contributed by atoms with Crippen LogP contribution in [0, 0.1) is 11.6 Å². The average molecular weight is 740 g/mol. The van der Waals surface area contributed by atoms with Crippen molar-refractivity contribution in [1.82, 2.24) is 14.9 Å². The Balaban J connectivity index is 1.45. The molecule has 0 unspecified atom stereocenters. The van der Waals surface area contributed by atoms with Gasteiger partial charge in [-0.1, -0.05) is 48.0 Å². The molecule has 4 aromatic carbocycles. The molecule has 1 heterocycles. The van der Waals surface area contributed by atoms with E-state index >= 15 is 4.39 Å². The number of rotatable bonds is 13. The number of methoxy groups -OCH3 is 2. The molecule has 0 bridgehead atoms. The molecule has 1 amide bonds. The second-order valence-electron chi connectivity index (χ2n) is 12.4. The van der Waals surface area contributed by atoms with Crippen LogP contribution in [0.3, 0.4) is 0 Å². The second kappa shape index (κ2) is 16.8. The summed E-state index contributed by atoms with van der Waals surface area (Å²) in [6.07, 6.45) is -0.790. The van der Waals surface area contributed by atoms with Crippen LogP contribution in [-0.2, 0) is 32.4 Å². The first-order valence-corrected chi connectivity index (χ1v) is 18.3. The molecule has 0 aliphatic carbocycles. The van der Waals surface area contributed by atoms with Crippen LogP contribution in [0.4, 0.5) is 13.6 Å². The van der Waals surface area contributed by atoms with Gasteiger partial charge < -0.3 is 20.1 Å². The van der Waals surface area contributed by atoms with Crippen LogP contribution in [0.5, 0.6) is 5.75 Å². The van der Waals surface area contributed by atoms with Crippen LogP contribution in [-0.4, -0.2) is 70.0 Å². The number of Topliss-reactive ketones (excluding diaryl/α,β-unsaturated/α-hetero) is 1. The van der Waals surface area contributed by atoms with Crippen molar-refractivity contribution in [3.05, 3.63) is 130 Å². The fraction of sp³-hybridized carbons (Fsp3) is 0.316. The zero-order valence-electron chi connectivity index (χ0n) is 28.4. The highest BCUT2D eigenvalue weighted by Crippen LogP contribution is 2.33. The lowest BCUT2D eigenvalue weighted by molar-refractivity contribution is -0.120. The van der Waals surface area contributed by atoms with E-state index in [-0.39, 0.29) is 35.8 Å². The van der Waals surface area contributed by atoms with E-state index in [0.717, 1.165) is 7.11 Å². The van der Waals surface area contributed by atoms with E-state index in [0.29, 0.717) is 40.6 Å². The molecule has 51 heavy (non-hydrogen) atoms. The number of hydrogen-bond donors (Lipinski definition) is 2. The van der Waals surface area contributed by atoms with E-state index in [1.165, 1.54) is 53.9 Å². The Kier molecular flexibility index (Phi) is 12.5. The molecular formula is C38H40ClF2N3O6S. The number of ether oxygens (including phenoxy) is 2. The predicted octanol–water partition coefficient (Wildman–Crippen LogP) is 6.28. The van der Waals surface area contributed by atoms with E-state index in [1.807, 2.05) is 6.92 Å². The van der Waals surface area contributed by atoms with E-state index in [2.05, 4.69) is 10.6 Å². The minimum atomic E-state index is -3.92. The molecule has 270 valence electrons. The first kappa shape index (κ1) is 37.9. The SMILES string of the molecule is COC(=O)N[C@H](C(=O)Cc1cccc(F)c1CC[C@H]1CNC[C@H](C)N1S(=O)(=O)c1ccc(OC)cc1)[C@H](c1cccc(F)c1)c1cccc(Cl)c1. The summed E-state index contributed by atoms with van der Waals surface area (Å²) in [6, 6.07) is 20.8. The van der Waals surface area contributed by atoms with Crippen molar-refractivity contribution in [3.63, 3.8) is 0 Å². The first-order valence-electron chi connectivity index (χ1n) is 16.5. The van der Waals surface area contributed by atoms with Crippen molar-refractivity contribution in [2.45, 2.75) is 55.1 Å². The smallest absolute Gasteiger partial charge is 0.407 e. The van der Waals surface area contributed by atoms with Crippen molar-refractivity contribution in [2.75, 3.05) is 27.3 Å². The van der Waals surface area contributed by atoms with Gasteiger partial charge in [0, 0.05) is 42.5 Å². The Labute approximate surface area is 302 Å².